The highest BCUT2D eigenvalue weighted by atomic mass is 35.5. The number of amides is 1. The Morgan fingerprint density at radius 1 is 0.566 bits per heavy atom. The Balaban J connectivity index is 0.000000153. The number of ether oxygens (including phenoxy) is 2. The molecule has 7 heteroatoms. The number of nitrogen functional groups attached to an aromatic ring is 1. The standard InChI is InChI=1S/C23H17NO2.C15H11ClO2.C8H7N/c1-2-16-11-13-17(14-12-16)24-23(25)26-15-22-20-9-5-3-7-18(20)19-8-4-6-10-21(19)22;16-15(17)18-9-14-12-7-3-1-5-10(12)11-6-2-4-8-13(11)14;1-2-7-3-5-8(9)6-4-7/h1,3-14,22H,15H2,(H,24,25);1-8,14H,9H2;1,3-6H,9H2. The van der Waals surface area contributed by atoms with E-state index in [0.717, 1.165) is 16.8 Å². The quantitative estimate of drug-likeness (QED) is 0.105. The van der Waals surface area contributed by atoms with Crippen LogP contribution in [-0.4, -0.2) is 24.7 Å². The van der Waals surface area contributed by atoms with Crippen LogP contribution in [0.1, 0.15) is 45.2 Å². The lowest BCUT2D eigenvalue weighted by molar-refractivity contribution is 0.158. The Hall–Kier alpha value is -6.73. The average molecular weight is 715 g/mol. The number of nitrogens with two attached hydrogens (primary N) is 1. The van der Waals surface area contributed by atoms with E-state index in [-0.39, 0.29) is 18.4 Å². The fourth-order valence-corrected chi connectivity index (χ4v) is 6.63. The van der Waals surface area contributed by atoms with Crippen LogP contribution in [0, 0.1) is 24.7 Å². The van der Waals surface area contributed by atoms with Gasteiger partial charge in [0, 0.05) is 45.9 Å². The third-order valence-corrected chi connectivity index (χ3v) is 9.15. The molecule has 0 aromatic heterocycles. The number of anilines is 2. The number of carbonyl (C=O) groups is 2. The summed E-state index contributed by atoms with van der Waals surface area (Å²) < 4.78 is 10.5. The minimum absolute atomic E-state index is 0.0527. The van der Waals surface area contributed by atoms with Crippen molar-refractivity contribution in [2.24, 2.45) is 0 Å². The number of hydrogen-bond acceptors (Lipinski definition) is 5. The van der Waals surface area contributed by atoms with Gasteiger partial charge in [0.15, 0.2) is 0 Å². The van der Waals surface area contributed by atoms with E-state index in [1.165, 1.54) is 44.5 Å². The molecular formula is C46H35ClN2O4. The van der Waals surface area contributed by atoms with Gasteiger partial charge in [-0.25, -0.2) is 9.59 Å². The maximum absolute atomic E-state index is 12.2. The molecule has 2 aliphatic rings. The van der Waals surface area contributed by atoms with E-state index in [0.29, 0.717) is 12.3 Å². The fourth-order valence-electron chi connectivity index (χ4n) is 6.57. The van der Waals surface area contributed by atoms with Crippen LogP contribution in [-0.2, 0) is 9.47 Å². The zero-order valence-corrected chi connectivity index (χ0v) is 29.4. The first kappa shape index (κ1) is 36.1. The second-order valence-corrected chi connectivity index (χ2v) is 12.5. The van der Waals surface area contributed by atoms with Gasteiger partial charge in [-0.1, -0.05) is 109 Å². The van der Waals surface area contributed by atoms with Crippen molar-refractivity contribution in [1.29, 1.82) is 0 Å². The molecule has 0 saturated carbocycles. The summed E-state index contributed by atoms with van der Waals surface area (Å²) in [6, 6.07) is 47.2. The second-order valence-electron chi connectivity index (χ2n) is 12.2. The molecule has 0 spiro atoms. The third-order valence-electron chi connectivity index (χ3n) is 9.05. The van der Waals surface area contributed by atoms with Crippen molar-refractivity contribution in [2.45, 2.75) is 11.8 Å². The summed E-state index contributed by atoms with van der Waals surface area (Å²) in [7, 11) is 0. The smallest absolute Gasteiger partial charge is 0.411 e. The van der Waals surface area contributed by atoms with Gasteiger partial charge < -0.3 is 15.2 Å². The van der Waals surface area contributed by atoms with Gasteiger partial charge in [0.1, 0.15) is 13.2 Å². The predicted molar refractivity (Wildman–Crippen MR) is 213 cm³/mol. The minimum atomic E-state index is -0.753. The SMILES string of the molecule is C#Cc1ccc(N)cc1.C#Cc1ccc(NC(=O)OCC2c3ccccc3-c3ccccc32)cc1.O=C(Cl)OCC1c2ccccc2-c2ccccc21. The van der Waals surface area contributed by atoms with Gasteiger partial charge in [0.2, 0.25) is 0 Å². The number of hydrogen-bond donors (Lipinski definition) is 2. The number of terminal acetylenes is 2. The molecule has 0 radical (unpaired) electrons. The topological polar surface area (TPSA) is 90.6 Å². The van der Waals surface area contributed by atoms with Crippen LogP contribution in [0.3, 0.4) is 0 Å². The van der Waals surface area contributed by atoms with E-state index in [2.05, 4.69) is 65.7 Å². The van der Waals surface area contributed by atoms with E-state index in [1.807, 2.05) is 60.7 Å². The summed E-state index contributed by atoms with van der Waals surface area (Å²) >= 11 is 5.25. The summed E-state index contributed by atoms with van der Waals surface area (Å²) in [5.74, 6) is 5.18. The summed E-state index contributed by atoms with van der Waals surface area (Å²) in [6.45, 7) is 0.582. The zero-order chi connectivity index (χ0) is 37.2. The van der Waals surface area contributed by atoms with Crippen molar-refractivity contribution in [2.75, 3.05) is 24.3 Å². The summed E-state index contributed by atoms with van der Waals surface area (Å²) in [5, 5.41) is 2.74. The Labute approximate surface area is 314 Å². The lowest BCUT2D eigenvalue weighted by Gasteiger charge is -2.14. The minimum Gasteiger partial charge on any atom is -0.453 e. The molecule has 53 heavy (non-hydrogen) atoms. The van der Waals surface area contributed by atoms with E-state index in [1.54, 1.807) is 36.4 Å². The largest absolute Gasteiger partial charge is 0.453 e. The maximum atomic E-state index is 12.2. The van der Waals surface area contributed by atoms with Crippen molar-refractivity contribution >= 4 is 34.5 Å². The lowest BCUT2D eigenvalue weighted by Crippen LogP contribution is -2.17. The van der Waals surface area contributed by atoms with Crippen molar-refractivity contribution in [3.05, 3.63) is 179 Å². The van der Waals surface area contributed by atoms with E-state index < -0.39 is 11.5 Å². The molecule has 6 aromatic rings. The number of rotatable bonds is 5. The molecule has 0 saturated heterocycles. The normalized spacial score (nSPS) is 11.7. The molecule has 0 bridgehead atoms. The van der Waals surface area contributed by atoms with Crippen molar-refractivity contribution < 1.29 is 19.1 Å². The summed E-state index contributed by atoms with van der Waals surface area (Å²) in [5.41, 5.74) is 17.3. The number of halogens is 1. The molecule has 260 valence electrons. The van der Waals surface area contributed by atoms with Crippen LogP contribution in [0.4, 0.5) is 21.0 Å². The number of nitrogens with one attached hydrogen (secondary N) is 1. The van der Waals surface area contributed by atoms with Gasteiger partial charge >= 0.3 is 11.5 Å². The van der Waals surface area contributed by atoms with E-state index in [9.17, 15) is 9.59 Å². The second kappa shape index (κ2) is 17.0. The molecule has 0 heterocycles. The number of fused-ring (bicyclic) bond motifs is 6. The van der Waals surface area contributed by atoms with Crippen LogP contribution in [0.5, 0.6) is 0 Å². The van der Waals surface area contributed by atoms with Crippen molar-refractivity contribution in [1.82, 2.24) is 0 Å². The third kappa shape index (κ3) is 8.60. The number of benzene rings is 6. The highest BCUT2D eigenvalue weighted by molar-refractivity contribution is 6.61. The zero-order valence-electron chi connectivity index (χ0n) is 28.7. The summed E-state index contributed by atoms with van der Waals surface area (Å²) in [4.78, 5) is 22.9. The Bertz CT molecular complexity index is 2230. The highest BCUT2D eigenvalue weighted by Crippen LogP contribution is 2.45. The van der Waals surface area contributed by atoms with E-state index in [4.69, 9.17) is 39.7 Å². The first-order chi connectivity index (χ1) is 25.9. The van der Waals surface area contributed by atoms with Crippen molar-refractivity contribution in [3.63, 3.8) is 0 Å². The maximum Gasteiger partial charge on any atom is 0.411 e. The molecule has 0 fully saturated rings. The van der Waals surface area contributed by atoms with Crippen LogP contribution in [0.25, 0.3) is 22.3 Å². The molecule has 0 atom stereocenters. The van der Waals surface area contributed by atoms with Gasteiger partial charge in [0.05, 0.1) is 0 Å². The molecule has 3 N–H and O–H groups in total. The number of carbonyl (C=O) groups excluding carboxylic acids is 2. The van der Waals surface area contributed by atoms with Crippen LogP contribution in [0.2, 0.25) is 0 Å². The van der Waals surface area contributed by atoms with Crippen LogP contribution < -0.4 is 11.1 Å². The van der Waals surface area contributed by atoms with Gasteiger partial charge in [-0.15, -0.1) is 12.8 Å². The van der Waals surface area contributed by atoms with Gasteiger partial charge in [-0.2, -0.15) is 0 Å². The fraction of sp³-hybridized carbons (Fsp3) is 0.0870. The van der Waals surface area contributed by atoms with Gasteiger partial charge in [-0.05, 0) is 93.0 Å². The van der Waals surface area contributed by atoms with Crippen LogP contribution in [0.15, 0.2) is 146 Å². The first-order valence-corrected chi connectivity index (χ1v) is 17.3. The van der Waals surface area contributed by atoms with Crippen LogP contribution >= 0.6 is 11.6 Å². The molecule has 6 aromatic carbocycles. The molecule has 2 aliphatic carbocycles. The highest BCUT2D eigenvalue weighted by Gasteiger charge is 2.30. The molecule has 0 aliphatic heterocycles. The first-order valence-electron chi connectivity index (χ1n) is 16.9. The lowest BCUT2D eigenvalue weighted by atomic mass is 9.98. The molecule has 8 rings (SSSR count). The van der Waals surface area contributed by atoms with Gasteiger partial charge in [-0.3, -0.25) is 5.32 Å². The molecule has 0 unspecified atom stereocenters. The Kier molecular flexibility index (Phi) is 11.6. The molecular weight excluding hydrogens is 680 g/mol. The average Bonchev–Trinajstić information content (AvgIpc) is 3.69. The van der Waals surface area contributed by atoms with Crippen molar-refractivity contribution in [3.8, 4) is 46.9 Å². The Morgan fingerprint density at radius 3 is 1.30 bits per heavy atom. The molecule has 6 nitrogen and oxygen atoms in total. The summed E-state index contributed by atoms with van der Waals surface area (Å²) in [6.07, 6.45) is 9.97. The van der Waals surface area contributed by atoms with Gasteiger partial charge in [0.25, 0.3) is 0 Å². The Morgan fingerprint density at radius 2 is 0.925 bits per heavy atom. The monoisotopic (exact) mass is 714 g/mol. The molecule has 1 amide bonds. The predicted octanol–water partition coefficient (Wildman–Crippen LogP) is 10.5. The van der Waals surface area contributed by atoms with E-state index >= 15 is 0 Å².